The molecular formula is C11H13N3OS. The lowest BCUT2D eigenvalue weighted by molar-refractivity contribution is 0.329. The van der Waals surface area contributed by atoms with E-state index in [9.17, 15) is 0 Å². The second kappa shape index (κ2) is 7.60. The highest BCUT2D eigenvalue weighted by atomic mass is 32.2. The fourth-order valence-corrected chi connectivity index (χ4v) is 1.40. The number of nitrogens with one attached hydrogen (secondary N) is 1. The summed E-state index contributed by atoms with van der Waals surface area (Å²) >= 11 is 1.40. The molecule has 0 bridgehead atoms. The third-order valence-corrected chi connectivity index (χ3v) is 2.33. The molecule has 4 nitrogen and oxygen atoms in total. The van der Waals surface area contributed by atoms with Gasteiger partial charge < -0.3 is 4.74 Å². The maximum absolute atomic E-state index is 8.42. The van der Waals surface area contributed by atoms with Crippen LogP contribution in [-0.2, 0) is 0 Å². The molecule has 0 aliphatic rings. The van der Waals surface area contributed by atoms with E-state index in [-0.39, 0.29) is 0 Å². The molecular weight excluding hydrogens is 222 g/mol. The summed E-state index contributed by atoms with van der Waals surface area (Å²) in [6.45, 7) is 1.03. The van der Waals surface area contributed by atoms with Crippen molar-refractivity contribution in [2.24, 2.45) is 4.99 Å². The maximum Gasteiger partial charge on any atom is 0.183 e. The molecule has 1 rings (SSSR count). The van der Waals surface area contributed by atoms with Crippen molar-refractivity contribution < 1.29 is 4.74 Å². The smallest absolute Gasteiger partial charge is 0.183 e. The molecule has 1 N–H and O–H groups in total. The minimum Gasteiger partial charge on any atom is -0.492 e. The molecule has 1 aromatic carbocycles. The molecule has 0 aromatic heterocycles. The highest BCUT2D eigenvalue weighted by Gasteiger charge is 1.94. The zero-order valence-electron chi connectivity index (χ0n) is 9.01. The van der Waals surface area contributed by atoms with Crippen LogP contribution in [0.4, 0.5) is 0 Å². The predicted molar refractivity (Wildman–Crippen MR) is 66.5 cm³/mol. The number of rotatable bonds is 4. The highest BCUT2D eigenvalue weighted by molar-refractivity contribution is 8.13. The Balaban J connectivity index is 2.28. The van der Waals surface area contributed by atoms with Gasteiger partial charge in [0.2, 0.25) is 0 Å². The van der Waals surface area contributed by atoms with Gasteiger partial charge in [-0.25, -0.2) is 0 Å². The number of nitrogens with zero attached hydrogens (tertiary/aromatic N) is 2. The predicted octanol–water partition coefficient (Wildman–Crippen LogP) is 1.86. The number of benzene rings is 1. The number of aliphatic imine (C=N–C) groups is 1. The molecule has 0 aliphatic heterocycles. The van der Waals surface area contributed by atoms with Crippen molar-refractivity contribution in [3.8, 4) is 11.9 Å². The van der Waals surface area contributed by atoms with Gasteiger partial charge in [0, 0.05) is 0 Å². The monoisotopic (exact) mass is 235 g/mol. The van der Waals surface area contributed by atoms with Crippen LogP contribution in [0.1, 0.15) is 0 Å². The third kappa shape index (κ3) is 4.71. The van der Waals surface area contributed by atoms with Crippen LogP contribution < -0.4 is 10.1 Å². The summed E-state index contributed by atoms with van der Waals surface area (Å²) in [7, 11) is 0. The molecule has 0 fully saturated rings. The first kappa shape index (κ1) is 12.4. The Morgan fingerprint density at radius 3 is 2.88 bits per heavy atom. The number of amidine groups is 1. The Morgan fingerprint density at radius 2 is 2.25 bits per heavy atom. The van der Waals surface area contributed by atoms with Gasteiger partial charge in [-0.2, -0.15) is 5.26 Å². The Hall–Kier alpha value is -1.67. The van der Waals surface area contributed by atoms with Gasteiger partial charge in [-0.3, -0.25) is 10.3 Å². The van der Waals surface area contributed by atoms with Crippen molar-refractivity contribution in [1.82, 2.24) is 5.32 Å². The van der Waals surface area contributed by atoms with E-state index < -0.39 is 0 Å². The second-order valence-electron chi connectivity index (χ2n) is 2.79. The molecule has 0 unspecified atom stereocenters. The van der Waals surface area contributed by atoms with Crippen LogP contribution >= 0.6 is 11.8 Å². The van der Waals surface area contributed by atoms with Gasteiger partial charge >= 0.3 is 0 Å². The Bertz CT molecular complexity index is 373. The van der Waals surface area contributed by atoms with Crippen molar-refractivity contribution in [3.63, 3.8) is 0 Å². The van der Waals surface area contributed by atoms with Crippen LogP contribution in [0.3, 0.4) is 0 Å². The van der Waals surface area contributed by atoms with Gasteiger partial charge in [-0.15, -0.1) is 0 Å². The number of nitriles is 1. The number of hydrogen-bond acceptors (Lipinski definition) is 4. The molecule has 0 amide bonds. The summed E-state index contributed by atoms with van der Waals surface area (Å²) in [5, 5.41) is 11.5. The summed E-state index contributed by atoms with van der Waals surface area (Å²) in [6, 6.07) is 9.57. The minimum absolute atomic E-state index is 0.501. The first-order valence-electron chi connectivity index (χ1n) is 4.78. The van der Waals surface area contributed by atoms with Crippen molar-refractivity contribution in [2.45, 2.75) is 0 Å². The highest BCUT2D eigenvalue weighted by Crippen LogP contribution is 2.07. The van der Waals surface area contributed by atoms with Crippen LogP contribution in [0.2, 0.25) is 0 Å². The van der Waals surface area contributed by atoms with Crippen LogP contribution in [0.5, 0.6) is 5.75 Å². The fourth-order valence-electron chi connectivity index (χ4n) is 1.03. The quantitative estimate of drug-likeness (QED) is 0.284. The van der Waals surface area contributed by atoms with Crippen LogP contribution in [0.25, 0.3) is 0 Å². The van der Waals surface area contributed by atoms with E-state index >= 15 is 0 Å². The zero-order chi connectivity index (χ0) is 11.6. The summed E-state index contributed by atoms with van der Waals surface area (Å²) in [4.78, 5) is 4.17. The summed E-state index contributed by atoms with van der Waals surface area (Å²) in [5.74, 6) is 0.830. The Labute approximate surface area is 99.3 Å². The molecule has 0 aliphatic carbocycles. The summed E-state index contributed by atoms with van der Waals surface area (Å²) in [6.07, 6.45) is 3.70. The van der Waals surface area contributed by atoms with Gasteiger partial charge in [-0.05, 0) is 18.4 Å². The van der Waals surface area contributed by atoms with Crippen molar-refractivity contribution >= 4 is 16.9 Å². The number of para-hydroxylation sites is 1. The normalized spacial score (nSPS) is 10.6. The number of hydrogen-bond donors (Lipinski definition) is 1. The van der Waals surface area contributed by atoms with Crippen LogP contribution in [0, 0.1) is 11.5 Å². The summed E-state index contributed by atoms with van der Waals surface area (Å²) in [5.41, 5.74) is 0. The number of ether oxygens (including phenoxy) is 1. The van der Waals surface area contributed by atoms with E-state index in [2.05, 4.69) is 10.3 Å². The molecule has 0 spiro atoms. The molecule has 0 atom stereocenters. The summed E-state index contributed by atoms with van der Waals surface area (Å²) < 4.78 is 5.45. The Kier molecular flexibility index (Phi) is 5.89. The van der Waals surface area contributed by atoms with Gasteiger partial charge in [0.25, 0.3) is 0 Å². The molecule has 0 heterocycles. The SMILES string of the molecule is CSC(=NCCOc1ccccc1)NC#N. The van der Waals surface area contributed by atoms with Gasteiger partial charge in [0.1, 0.15) is 12.4 Å². The topological polar surface area (TPSA) is 57.4 Å². The van der Waals surface area contributed by atoms with Crippen molar-refractivity contribution in [3.05, 3.63) is 30.3 Å². The van der Waals surface area contributed by atoms with Gasteiger partial charge in [0.05, 0.1) is 6.54 Å². The molecule has 0 saturated heterocycles. The molecule has 5 heteroatoms. The lowest BCUT2D eigenvalue weighted by Gasteiger charge is -2.04. The van der Waals surface area contributed by atoms with Crippen molar-refractivity contribution in [2.75, 3.05) is 19.4 Å². The van der Waals surface area contributed by atoms with E-state index in [0.717, 1.165) is 5.75 Å². The maximum atomic E-state index is 8.42. The van der Waals surface area contributed by atoms with E-state index in [1.54, 1.807) is 0 Å². The minimum atomic E-state index is 0.501. The number of thioether (sulfide) groups is 1. The first-order valence-corrected chi connectivity index (χ1v) is 6.00. The average Bonchev–Trinajstić information content (AvgIpc) is 2.34. The van der Waals surface area contributed by atoms with E-state index in [1.165, 1.54) is 11.8 Å². The zero-order valence-corrected chi connectivity index (χ0v) is 9.83. The largest absolute Gasteiger partial charge is 0.492 e. The van der Waals surface area contributed by atoms with Crippen LogP contribution in [0.15, 0.2) is 35.3 Å². The van der Waals surface area contributed by atoms with Crippen LogP contribution in [-0.4, -0.2) is 24.6 Å². The molecule has 84 valence electrons. The third-order valence-electron chi connectivity index (χ3n) is 1.71. The Morgan fingerprint density at radius 1 is 1.50 bits per heavy atom. The lowest BCUT2D eigenvalue weighted by atomic mass is 10.3. The van der Waals surface area contributed by atoms with E-state index in [4.69, 9.17) is 10.00 Å². The molecule has 0 saturated carbocycles. The standard InChI is InChI=1S/C11H13N3OS/c1-16-11(14-9-12)13-7-8-15-10-5-3-2-4-6-10/h2-6H,7-8H2,1H3,(H,13,14). The van der Waals surface area contributed by atoms with E-state index in [1.807, 2.05) is 42.8 Å². The first-order chi connectivity index (χ1) is 7.86. The van der Waals surface area contributed by atoms with E-state index in [0.29, 0.717) is 18.3 Å². The fraction of sp³-hybridized carbons (Fsp3) is 0.273. The molecule has 16 heavy (non-hydrogen) atoms. The van der Waals surface area contributed by atoms with Gasteiger partial charge in [0.15, 0.2) is 11.4 Å². The van der Waals surface area contributed by atoms with Crippen molar-refractivity contribution in [1.29, 1.82) is 5.26 Å². The second-order valence-corrected chi connectivity index (χ2v) is 3.58. The lowest BCUT2D eigenvalue weighted by Crippen LogP contribution is -2.15. The molecule has 1 aromatic rings. The van der Waals surface area contributed by atoms with Gasteiger partial charge in [-0.1, -0.05) is 30.0 Å². The molecule has 0 radical (unpaired) electrons. The average molecular weight is 235 g/mol.